The van der Waals surface area contributed by atoms with Crippen LogP contribution in [0.3, 0.4) is 0 Å². The van der Waals surface area contributed by atoms with Crippen molar-refractivity contribution in [2.75, 3.05) is 20.1 Å². The fourth-order valence-electron chi connectivity index (χ4n) is 2.36. The highest BCUT2D eigenvalue weighted by atomic mass is 32.1. The van der Waals surface area contributed by atoms with Crippen molar-refractivity contribution in [3.05, 3.63) is 16.1 Å². The van der Waals surface area contributed by atoms with Gasteiger partial charge in [-0.15, -0.1) is 11.3 Å². The van der Waals surface area contributed by atoms with Crippen LogP contribution >= 0.6 is 11.3 Å². The van der Waals surface area contributed by atoms with Gasteiger partial charge in [0.1, 0.15) is 0 Å². The number of thiazole rings is 1. The van der Waals surface area contributed by atoms with Gasteiger partial charge in [-0.1, -0.05) is 6.92 Å². The molecule has 90 valence electrons. The molecule has 4 heteroatoms. The molecular formula is C12H21N3S. The average molecular weight is 239 g/mol. The summed E-state index contributed by atoms with van der Waals surface area (Å²) < 4.78 is 0. The third-order valence-electron chi connectivity index (χ3n) is 3.21. The minimum atomic E-state index is 0.705. The number of aromatic nitrogens is 1. The van der Waals surface area contributed by atoms with E-state index in [4.69, 9.17) is 0 Å². The first kappa shape index (κ1) is 12.0. The molecule has 16 heavy (non-hydrogen) atoms. The molecule has 3 nitrogen and oxygen atoms in total. The van der Waals surface area contributed by atoms with Crippen LogP contribution in [0.5, 0.6) is 0 Å². The molecule has 1 aromatic rings. The predicted octanol–water partition coefficient (Wildman–Crippen LogP) is 1.89. The fourth-order valence-corrected chi connectivity index (χ4v) is 3.10. The zero-order valence-corrected chi connectivity index (χ0v) is 11.0. The molecule has 1 N–H and O–H groups in total. The van der Waals surface area contributed by atoms with Crippen LogP contribution in [0, 0.1) is 0 Å². The molecule has 0 bridgehead atoms. The van der Waals surface area contributed by atoms with E-state index in [2.05, 4.69) is 27.5 Å². The van der Waals surface area contributed by atoms with Crippen molar-refractivity contribution in [1.82, 2.24) is 15.2 Å². The lowest BCUT2D eigenvalue weighted by molar-refractivity contribution is 0.240. The van der Waals surface area contributed by atoms with Gasteiger partial charge in [-0.25, -0.2) is 4.98 Å². The van der Waals surface area contributed by atoms with Crippen LogP contribution in [0.1, 0.15) is 30.5 Å². The van der Waals surface area contributed by atoms with Gasteiger partial charge in [-0.2, -0.15) is 0 Å². The quantitative estimate of drug-likeness (QED) is 0.850. The van der Waals surface area contributed by atoms with Gasteiger partial charge in [0.15, 0.2) is 0 Å². The predicted molar refractivity (Wildman–Crippen MR) is 68.9 cm³/mol. The molecule has 1 aliphatic rings. The number of rotatable bonds is 5. The Kier molecular flexibility index (Phi) is 4.32. The van der Waals surface area contributed by atoms with Crippen LogP contribution in [-0.2, 0) is 13.0 Å². The summed E-state index contributed by atoms with van der Waals surface area (Å²) in [5, 5.41) is 6.76. The van der Waals surface area contributed by atoms with Crippen LogP contribution in [0.4, 0.5) is 0 Å². The summed E-state index contributed by atoms with van der Waals surface area (Å²) in [7, 11) is 2.04. The number of likely N-dealkylation sites (N-methyl/N-ethyl adjacent to an activating group) is 1. The highest BCUT2D eigenvalue weighted by Crippen LogP contribution is 2.20. The molecular weight excluding hydrogens is 218 g/mol. The molecule has 1 fully saturated rings. The lowest BCUT2D eigenvalue weighted by Crippen LogP contribution is -2.36. The normalized spacial score (nSPS) is 21.8. The Morgan fingerprint density at radius 3 is 3.19 bits per heavy atom. The topological polar surface area (TPSA) is 28.2 Å². The minimum Gasteiger partial charge on any atom is -0.318 e. The Hall–Kier alpha value is -0.450. The van der Waals surface area contributed by atoms with Gasteiger partial charge in [0.05, 0.1) is 10.7 Å². The summed E-state index contributed by atoms with van der Waals surface area (Å²) in [6.07, 6.45) is 3.72. The molecule has 1 aromatic heterocycles. The molecule has 1 unspecified atom stereocenters. The first-order valence-corrected chi connectivity index (χ1v) is 7.03. The van der Waals surface area contributed by atoms with E-state index in [1.165, 1.54) is 30.1 Å². The van der Waals surface area contributed by atoms with Crippen molar-refractivity contribution in [3.63, 3.8) is 0 Å². The maximum absolute atomic E-state index is 4.64. The van der Waals surface area contributed by atoms with Gasteiger partial charge < -0.3 is 5.32 Å². The molecule has 0 amide bonds. The number of hydrogen-bond donors (Lipinski definition) is 1. The molecule has 1 atom stereocenters. The van der Waals surface area contributed by atoms with Gasteiger partial charge in [0, 0.05) is 24.5 Å². The van der Waals surface area contributed by atoms with Gasteiger partial charge in [0.2, 0.25) is 0 Å². The highest BCUT2D eigenvalue weighted by Gasteiger charge is 2.24. The van der Waals surface area contributed by atoms with E-state index >= 15 is 0 Å². The van der Waals surface area contributed by atoms with Crippen LogP contribution in [0.25, 0.3) is 0 Å². The molecule has 0 saturated carbocycles. The molecule has 2 heterocycles. The van der Waals surface area contributed by atoms with E-state index in [9.17, 15) is 0 Å². The summed E-state index contributed by atoms with van der Waals surface area (Å²) in [6.45, 7) is 5.53. The van der Waals surface area contributed by atoms with Crippen molar-refractivity contribution in [2.24, 2.45) is 0 Å². The Bertz CT molecular complexity index is 324. The molecule has 0 aromatic carbocycles. The first-order valence-electron chi connectivity index (χ1n) is 6.15. The maximum Gasteiger partial charge on any atom is 0.0926 e. The Labute approximate surface area is 102 Å². The molecule has 1 saturated heterocycles. The summed E-state index contributed by atoms with van der Waals surface area (Å²) in [5.41, 5.74) is 1.25. The van der Waals surface area contributed by atoms with Crippen LogP contribution in [-0.4, -0.2) is 36.1 Å². The highest BCUT2D eigenvalue weighted by molar-refractivity contribution is 7.09. The van der Waals surface area contributed by atoms with E-state index in [-0.39, 0.29) is 0 Å². The minimum absolute atomic E-state index is 0.705. The van der Waals surface area contributed by atoms with Gasteiger partial charge in [-0.05, 0) is 32.9 Å². The van der Waals surface area contributed by atoms with Gasteiger partial charge in [0.25, 0.3) is 0 Å². The fraction of sp³-hybridized carbons (Fsp3) is 0.750. The number of aryl methyl sites for hydroxylation is 1. The van der Waals surface area contributed by atoms with Crippen molar-refractivity contribution in [2.45, 2.75) is 38.8 Å². The second-order valence-electron chi connectivity index (χ2n) is 4.41. The summed E-state index contributed by atoms with van der Waals surface area (Å²) in [4.78, 5) is 7.20. The standard InChI is InChI=1S/C12H21N3S/c1-3-12-14-10(9-16-12)8-15-6-4-5-11(15)7-13-2/h9,11,13H,3-8H2,1-2H3. The van der Waals surface area contributed by atoms with Crippen molar-refractivity contribution < 1.29 is 0 Å². The molecule has 0 radical (unpaired) electrons. The third kappa shape index (κ3) is 2.81. The molecule has 0 aliphatic carbocycles. The summed E-state index contributed by atoms with van der Waals surface area (Å²) in [6, 6.07) is 0.705. The molecule has 1 aliphatic heterocycles. The van der Waals surface area contributed by atoms with Gasteiger partial charge in [-0.3, -0.25) is 4.90 Å². The monoisotopic (exact) mass is 239 g/mol. The van der Waals surface area contributed by atoms with E-state index < -0.39 is 0 Å². The Morgan fingerprint density at radius 1 is 1.62 bits per heavy atom. The molecule has 0 spiro atoms. The van der Waals surface area contributed by atoms with Crippen molar-refractivity contribution >= 4 is 11.3 Å². The van der Waals surface area contributed by atoms with Crippen molar-refractivity contribution in [3.8, 4) is 0 Å². The smallest absolute Gasteiger partial charge is 0.0926 e. The largest absolute Gasteiger partial charge is 0.318 e. The second kappa shape index (κ2) is 5.75. The molecule has 2 rings (SSSR count). The average Bonchev–Trinajstić information content (AvgIpc) is 2.90. The third-order valence-corrected chi connectivity index (χ3v) is 4.25. The second-order valence-corrected chi connectivity index (χ2v) is 5.35. The lowest BCUT2D eigenvalue weighted by atomic mass is 10.2. The lowest BCUT2D eigenvalue weighted by Gasteiger charge is -2.23. The van der Waals surface area contributed by atoms with Crippen molar-refractivity contribution in [1.29, 1.82) is 0 Å². The van der Waals surface area contributed by atoms with E-state index in [0.717, 1.165) is 19.5 Å². The Morgan fingerprint density at radius 2 is 2.50 bits per heavy atom. The number of nitrogens with zero attached hydrogens (tertiary/aromatic N) is 2. The number of hydrogen-bond acceptors (Lipinski definition) is 4. The maximum atomic E-state index is 4.64. The van der Waals surface area contributed by atoms with Crippen LogP contribution < -0.4 is 5.32 Å². The number of nitrogens with one attached hydrogen (secondary N) is 1. The summed E-state index contributed by atoms with van der Waals surface area (Å²) in [5.74, 6) is 0. The summed E-state index contributed by atoms with van der Waals surface area (Å²) >= 11 is 1.79. The van der Waals surface area contributed by atoms with E-state index in [1.54, 1.807) is 11.3 Å². The van der Waals surface area contributed by atoms with E-state index in [1.807, 2.05) is 7.05 Å². The zero-order valence-electron chi connectivity index (χ0n) is 10.2. The van der Waals surface area contributed by atoms with Crippen LogP contribution in [0.2, 0.25) is 0 Å². The Balaban J connectivity index is 1.92. The zero-order chi connectivity index (χ0) is 11.4. The van der Waals surface area contributed by atoms with E-state index in [0.29, 0.717) is 6.04 Å². The SMILES string of the molecule is CCc1nc(CN2CCCC2CNC)cs1. The van der Waals surface area contributed by atoms with Crippen LogP contribution in [0.15, 0.2) is 5.38 Å². The first-order chi connectivity index (χ1) is 7.83. The van der Waals surface area contributed by atoms with Gasteiger partial charge >= 0.3 is 0 Å². The number of likely N-dealkylation sites (tertiary alicyclic amines) is 1.